The van der Waals surface area contributed by atoms with E-state index in [1.54, 1.807) is 53.7 Å². The minimum atomic E-state index is -1.23. The van der Waals surface area contributed by atoms with Gasteiger partial charge in [-0.3, -0.25) is 24.0 Å². The summed E-state index contributed by atoms with van der Waals surface area (Å²) in [4.78, 5) is 98.1. The number of ether oxygens (including phenoxy) is 2. The van der Waals surface area contributed by atoms with E-state index >= 15 is 0 Å². The number of nitrogens with two attached hydrogens (primary N) is 1. The number of unbranched alkanes of at least 4 members (excludes halogenated alkanes) is 1. The summed E-state index contributed by atoms with van der Waals surface area (Å²) in [5, 5.41) is 30.6. The van der Waals surface area contributed by atoms with Crippen molar-refractivity contribution in [1.82, 2.24) is 31.9 Å². The number of phenolic OH excluding ortho intramolecular Hbond substituents is 1. The average Bonchev–Trinajstić information content (AvgIpc) is 3.68. The molecule has 0 radical (unpaired) electrons. The highest BCUT2D eigenvalue weighted by molar-refractivity contribution is 7.98. The molecule has 0 saturated carbocycles. The van der Waals surface area contributed by atoms with E-state index < -0.39 is 89.2 Å². The highest BCUT2D eigenvalue weighted by Gasteiger charge is 2.37. The van der Waals surface area contributed by atoms with Crippen molar-refractivity contribution >= 4 is 71.0 Å². The molecule has 64 heavy (non-hydrogen) atoms. The molecule has 2 rings (SSSR count). The number of alkyl carbamates (subject to hydrolysis) is 2. The fraction of sp³-hybridized carbons (Fsp3) is 0.674. The summed E-state index contributed by atoms with van der Waals surface area (Å²) in [5.41, 5.74) is 4.93. The van der Waals surface area contributed by atoms with Gasteiger partial charge < -0.3 is 57.1 Å². The molecule has 0 bridgehead atoms. The first-order valence-corrected chi connectivity index (χ1v) is 24.2. The lowest BCUT2D eigenvalue weighted by molar-refractivity contribution is -0.134. The first kappa shape index (κ1) is 55.2. The maximum atomic E-state index is 14.3. The maximum absolute atomic E-state index is 14.3. The third kappa shape index (κ3) is 21.2. The second-order valence-electron chi connectivity index (χ2n) is 17.8. The Labute approximate surface area is 385 Å². The van der Waals surface area contributed by atoms with Crippen LogP contribution in [0.15, 0.2) is 29.4 Å². The summed E-state index contributed by atoms with van der Waals surface area (Å²) < 4.78 is 10.7. The van der Waals surface area contributed by atoms with Crippen LogP contribution in [0.3, 0.4) is 0 Å². The van der Waals surface area contributed by atoms with Gasteiger partial charge in [-0.25, -0.2) is 9.59 Å². The molecule has 1 unspecified atom stereocenters. The highest BCUT2D eigenvalue weighted by atomic mass is 32.2. The monoisotopic (exact) mass is 938 g/mol. The van der Waals surface area contributed by atoms with E-state index in [1.807, 2.05) is 26.4 Å². The van der Waals surface area contributed by atoms with Crippen molar-refractivity contribution in [1.29, 1.82) is 0 Å². The Kier molecular flexibility index (Phi) is 23.1. The molecule has 1 aromatic rings. The zero-order valence-corrected chi connectivity index (χ0v) is 40.4. The number of hydrogen-bond donors (Lipinski definition) is 8. The molecule has 0 aliphatic carbocycles. The number of primary amides is 1. The molecule has 1 aliphatic heterocycles. The number of carbonyl (C=O) groups is 7. The van der Waals surface area contributed by atoms with Crippen LogP contribution in [0.4, 0.5) is 9.59 Å². The van der Waals surface area contributed by atoms with Crippen LogP contribution in [0.5, 0.6) is 5.75 Å². The van der Waals surface area contributed by atoms with Crippen LogP contribution in [-0.2, 0) is 44.7 Å². The minimum Gasteiger partial charge on any atom is -0.508 e. The third-order valence-corrected chi connectivity index (χ3v) is 10.7. The largest absolute Gasteiger partial charge is 0.508 e. The van der Waals surface area contributed by atoms with Crippen LogP contribution in [0.25, 0.3) is 0 Å². The molecule has 0 aromatic heterocycles. The molecule has 1 heterocycles. The van der Waals surface area contributed by atoms with Crippen LogP contribution in [0.1, 0.15) is 99.5 Å². The van der Waals surface area contributed by atoms with E-state index in [-0.39, 0.29) is 43.9 Å². The molecular weight excluding hydrogens is 869 g/mol. The van der Waals surface area contributed by atoms with Crippen LogP contribution in [0, 0.1) is 5.92 Å². The lowest BCUT2D eigenvalue weighted by atomic mass is 9.94. The van der Waals surface area contributed by atoms with Gasteiger partial charge in [0.25, 0.3) is 5.91 Å². The van der Waals surface area contributed by atoms with Gasteiger partial charge in [0.05, 0.1) is 11.8 Å². The predicted molar refractivity (Wildman–Crippen MR) is 248 cm³/mol. The van der Waals surface area contributed by atoms with Gasteiger partial charge in [-0.05, 0) is 121 Å². The molecule has 0 saturated heterocycles. The molecule has 21 heteroatoms. The van der Waals surface area contributed by atoms with Crippen LogP contribution >= 0.6 is 23.5 Å². The topological polar surface area (TPSA) is 278 Å². The summed E-state index contributed by atoms with van der Waals surface area (Å²) in [6, 6.07) is 0.961. The molecular formula is C43H70N8O11S2. The Hall–Kier alpha value is -4.92. The predicted octanol–water partition coefficient (Wildman–Crippen LogP) is 3.25. The summed E-state index contributed by atoms with van der Waals surface area (Å²) in [5.74, 6) is -2.39. The molecule has 1 aliphatic rings. The molecule has 360 valence electrons. The number of rotatable bonds is 25. The normalized spacial score (nSPS) is 16.1. The van der Waals surface area contributed by atoms with Crippen LogP contribution in [0.2, 0.25) is 0 Å². The summed E-state index contributed by atoms with van der Waals surface area (Å²) in [6.45, 7) is 14.2. The third-order valence-electron chi connectivity index (χ3n) is 9.43. The molecule has 7 amide bonds. The van der Waals surface area contributed by atoms with Gasteiger partial charge in [0, 0.05) is 19.4 Å². The Morgan fingerprint density at radius 2 is 1.28 bits per heavy atom. The van der Waals surface area contributed by atoms with Crippen molar-refractivity contribution in [3.8, 4) is 5.75 Å². The SMILES string of the molecule is CSCC[C@H](NC(=O)C1CC([C@@H](NC(=O)[C@H](Cc2ccc(O)cc2)NC(=O)[C@H](CCCCNC(=O)OC(C)(C)C)NC(=O)[C@H](CCSC)NC(=O)OC(C)(C)C)C(C)C)=NO1)C(N)=O. The van der Waals surface area contributed by atoms with E-state index in [2.05, 4.69) is 37.1 Å². The van der Waals surface area contributed by atoms with E-state index in [4.69, 9.17) is 20.0 Å². The number of hydrogen-bond acceptors (Lipinski definition) is 14. The fourth-order valence-electron chi connectivity index (χ4n) is 6.22. The first-order chi connectivity index (χ1) is 29.9. The second kappa shape index (κ2) is 26.8. The number of nitrogens with zero attached hydrogens (tertiary/aromatic N) is 1. The van der Waals surface area contributed by atoms with Gasteiger partial charge in [0.15, 0.2) is 0 Å². The van der Waals surface area contributed by atoms with Crippen molar-refractivity contribution in [2.45, 2.75) is 148 Å². The Bertz CT molecular complexity index is 1750. The summed E-state index contributed by atoms with van der Waals surface area (Å²) in [6.07, 6.45) is 2.60. The summed E-state index contributed by atoms with van der Waals surface area (Å²) in [7, 11) is 0. The number of amides is 7. The number of thioether (sulfide) groups is 2. The standard InChI is InChI=1S/C43H70N8O11S2/c1-25(2)34(31-24-33(62-51-31)39(57)46-28(35(44)53)18-21-63-9)50-38(56)32(23-26-14-16-27(52)17-15-26)48-36(54)29(13-11-12-20-45-40(58)60-42(3,4)5)47-37(55)30(19-22-64-10)49-41(59)61-43(6,7)8/h14-17,25,28-30,32-34,52H,11-13,18-24H2,1-10H3,(H2,44,53)(H,45,58)(H,46,57)(H,47,55)(H,48,54)(H,49,59)(H,50,56)/t28-,29-,30-,32-,33?,34-/m0/s1. The number of phenols is 1. The van der Waals surface area contributed by atoms with Crippen molar-refractivity contribution < 1.29 is 53.0 Å². The Morgan fingerprint density at radius 3 is 1.83 bits per heavy atom. The van der Waals surface area contributed by atoms with Gasteiger partial charge in [-0.15, -0.1) is 0 Å². The van der Waals surface area contributed by atoms with Gasteiger partial charge in [0.2, 0.25) is 29.7 Å². The van der Waals surface area contributed by atoms with Gasteiger partial charge in [-0.2, -0.15) is 23.5 Å². The van der Waals surface area contributed by atoms with Gasteiger partial charge in [-0.1, -0.05) is 31.1 Å². The Morgan fingerprint density at radius 1 is 0.750 bits per heavy atom. The fourth-order valence-corrected chi connectivity index (χ4v) is 7.16. The number of oxime groups is 1. The van der Waals surface area contributed by atoms with Crippen molar-refractivity contribution in [2.75, 3.05) is 30.6 Å². The lowest BCUT2D eigenvalue weighted by Gasteiger charge is -2.28. The molecule has 0 fully saturated rings. The molecule has 6 atom stereocenters. The number of benzene rings is 1. The number of nitrogens with one attached hydrogen (secondary N) is 6. The minimum absolute atomic E-state index is 0.00199. The van der Waals surface area contributed by atoms with E-state index in [0.717, 1.165) is 0 Å². The number of aromatic hydroxyl groups is 1. The first-order valence-electron chi connectivity index (χ1n) is 21.4. The van der Waals surface area contributed by atoms with Crippen LogP contribution < -0.4 is 37.6 Å². The Balaban J connectivity index is 2.38. The molecule has 1 aromatic carbocycles. The van der Waals surface area contributed by atoms with Crippen molar-refractivity contribution in [2.24, 2.45) is 16.8 Å². The van der Waals surface area contributed by atoms with Crippen molar-refractivity contribution in [3.05, 3.63) is 29.8 Å². The van der Waals surface area contributed by atoms with E-state index in [9.17, 15) is 38.7 Å². The zero-order valence-electron chi connectivity index (χ0n) is 38.8. The molecule has 9 N–H and O–H groups in total. The zero-order chi connectivity index (χ0) is 48.2. The number of carbonyl (C=O) groups excluding carboxylic acids is 7. The lowest BCUT2D eigenvalue weighted by Crippen LogP contribution is -2.58. The average molecular weight is 939 g/mol. The van der Waals surface area contributed by atoms with E-state index in [1.165, 1.54) is 35.7 Å². The smallest absolute Gasteiger partial charge is 0.408 e. The van der Waals surface area contributed by atoms with Crippen molar-refractivity contribution in [3.63, 3.8) is 0 Å². The van der Waals surface area contributed by atoms with E-state index in [0.29, 0.717) is 42.0 Å². The maximum Gasteiger partial charge on any atom is 0.408 e. The second-order valence-corrected chi connectivity index (χ2v) is 19.7. The van der Waals surface area contributed by atoms with Gasteiger partial charge in [0.1, 0.15) is 41.1 Å². The molecule has 0 spiro atoms. The van der Waals surface area contributed by atoms with Crippen LogP contribution in [-0.4, -0.2) is 131 Å². The molecule has 19 nitrogen and oxygen atoms in total. The highest BCUT2D eigenvalue weighted by Crippen LogP contribution is 2.20. The van der Waals surface area contributed by atoms with Gasteiger partial charge >= 0.3 is 12.2 Å². The summed E-state index contributed by atoms with van der Waals surface area (Å²) >= 11 is 2.96. The quantitative estimate of drug-likeness (QED) is 0.0655.